The van der Waals surface area contributed by atoms with Gasteiger partial charge in [0.15, 0.2) is 0 Å². The molecule has 1 aliphatic carbocycles. The molecular weight excluding hydrogens is 224 g/mol. The third-order valence-corrected chi connectivity index (χ3v) is 2.95. The van der Waals surface area contributed by atoms with E-state index in [9.17, 15) is 4.79 Å². The Balaban J connectivity index is 1.85. The van der Waals surface area contributed by atoms with Crippen LogP contribution in [0.25, 0.3) is 0 Å². The van der Waals surface area contributed by atoms with Crippen molar-refractivity contribution in [2.45, 2.75) is 38.7 Å². The Morgan fingerprint density at radius 3 is 2.56 bits per heavy atom. The molecule has 0 amide bonds. The van der Waals surface area contributed by atoms with Crippen LogP contribution in [0.15, 0.2) is 42.5 Å². The first-order chi connectivity index (χ1) is 8.46. The normalized spacial score (nSPS) is 23.1. The molecule has 0 aromatic heterocycles. The molecular formula is C16H20O2. The fourth-order valence-electron chi connectivity index (χ4n) is 2.05. The molecule has 2 rings (SSSR count). The van der Waals surface area contributed by atoms with E-state index < -0.39 is 5.60 Å². The van der Waals surface area contributed by atoms with Crippen LogP contribution in [0.3, 0.4) is 0 Å². The third-order valence-electron chi connectivity index (χ3n) is 2.95. The van der Waals surface area contributed by atoms with Crippen LogP contribution in [-0.2, 0) is 9.53 Å². The average molecular weight is 244 g/mol. The Morgan fingerprint density at radius 1 is 1.28 bits per heavy atom. The minimum atomic E-state index is -0.413. The maximum absolute atomic E-state index is 11.5. The van der Waals surface area contributed by atoms with Crippen LogP contribution < -0.4 is 0 Å². The largest absolute Gasteiger partial charge is 0.457 e. The van der Waals surface area contributed by atoms with Crippen LogP contribution in [0.2, 0.25) is 0 Å². The van der Waals surface area contributed by atoms with Crippen molar-refractivity contribution in [1.82, 2.24) is 0 Å². The first kappa shape index (κ1) is 12.9. The number of ether oxygens (including phenoxy) is 1. The Kier molecular flexibility index (Phi) is 3.55. The molecule has 2 nitrogen and oxygen atoms in total. The Bertz CT molecular complexity index is 440. The summed E-state index contributed by atoms with van der Waals surface area (Å²) >= 11 is 0. The summed E-state index contributed by atoms with van der Waals surface area (Å²) < 4.78 is 5.23. The molecule has 0 aliphatic heterocycles. The average Bonchev–Trinajstić information content (AvgIpc) is 3.05. The molecule has 96 valence electrons. The first-order valence-electron chi connectivity index (χ1n) is 6.42. The van der Waals surface area contributed by atoms with E-state index in [-0.39, 0.29) is 5.97 Å². The lowest BCUT2D eigenvalue weighted by molar-refractivity contribution is -0.148. The number of carbonyl (C=O) groups excluding carboxylic acids is 1. The van der Waals surface area contributed by atoms with E-state index >= 15 is 0 Å². The Hall–Kier alpha value is -1.57. The summed E-state index contributed by atoms with van der Waals surface area (Å²) in [5.41, 5.74) is 0.945. The van der Waals surface area contributed by atoms with Gasteiger partial charge in [-0.25, -0.2) is 4.79 Å². The molecule has 0 unspecified atom stereocenters. The molecule has 0 heterocycles. The first-order valence-corrected chi connectivity index (χ1v) is 6.42. The van der Waals surface area contributed by atoms with Crippen molar-refractivity contribution in [3.05, 3.63) is 48.0 Å². The second kappa shape index (κ2) is 4.97. The predicted octanol–water partition coefficient (Wildman–Crippen LogP) is 3.69. The highest BCUT2D eigenvalue weighted by molar-refractivity contribution is 5.82. The molecule has 1 aromatic rings. The maximum atomic E-state index is 11.5. The highest BCUT2D eigenvalue weighted by atomic mass is 16.6. The number of allylic oxidation sites excluding steroid dienone is 1. The van der Waals surface area contributed by atoms with Crippen molar-refractivity contribution in [3.63, 3.8) is 0 Å². The number of esters is 1. The molecule has 0 saturated heterocycles. The second-order valence-electron chi connectivity index (χ2n) is 5.81. The molecule has 0 bridgehead atoms. The Labute approximate surface area is 109 Å². The zero-order valence-corrected chi connectivity index (χ0v) is 11.2. The van der Waals surface area contributed by atoms with Crippen molar-refractivity contribution in [1.29, 1.82) is 0 Å². The molecule has 18 heavy (non-hydrogen) atoms. The van der Waals surface area contributed by atoms with Gasteiger partial charge in [0.2, 0.25) is 0 Å². The summed E-state index contributed by atoms with van der Waals surface area (Å²) in [7, 11) is 0. The number of hydrogen-bond acceptors (Lipinski definition) is 2. The van der Waals surface area contributed by atoms with Gasteiger partial charge in [0.05, 0.1) is 0 Å². The summed E-state index contributed by atoms with van der Waals surface area (Å²) in [5, 5.41) is 0. The van der Waals surface area contributed by atoms with E-state index in [1.807, 2.05) is 32.9 Å². The molecule has 0 spiro atoms. The summed E-state index contributed by atoms with van der Waals surface area (Å²) in [4.78, 5) is 11.5. The van der Waals surface area contributed by atoms with Gasteiger partial charge in [-0.3, -0.25) is 0 Å². The lowest BCUT2D eigenvalue weighted by atomic mass is 10.1. The van der Waals surface area contributed by atoms with E-state index in [1.165, 1.54) is 5.56 Å². The number of carbonyl (C=O) groups is 1. The molecule has 0 N–H and O–H groups in total. The van der Waals surface area contributed by atoms with Crippen molar-refractivity contribution < 1.29 is 9.53 Å². The smallest absolute Gasteiger partial charge is 0.330 e. The molecule has 1 aromatic carbocycles. The van der Waals surface area contributed by atoms with E-state index in [4.69, 9.17) is 4.74 Å². The molecule has 1 fully saturated rings. The van der Waals surface area contributed by atoms with Gasteiger partial charge in [-0.15, -0.1) is 0 Å². The monoisotopic (exact) mass is 244 g/mol. The third kappa shape index (κ3) is 3.73. The number of rotatable bonds is 3. The summed E-state index contributed by atoms with van der Waals surface area (Å²) in [6.45, 7) is 5.63. The van der Waals surface area contributed by atoms with Crippen LogP contribution in [0.4, 0.5) is 0 Å². The van der Waals surface area contributed by atoms with Crippen LogP contribution in [-0.4, -0.2) is 11.6 Å². The molecule has 1 aliphatic rings. The standard InChI is InChI=1S/C16H20O2/c1-16(2,3)18-15(17)10-9-13-11-14(13)12-7-5-4-6-8-12/h4-10,13-14H,11H2,1-3H3/b10-9-/t13-,14-/m0/s1. The van der Waals surface area contributed by atoms with Crippen LogP contribution in [0.1, 0.15) is 38.7 Å². The quantitative estimate of drug-likeness (QED) is 0.599. The van der Waals surface area contributed by atoms with Gasteiger partial charge in [0, 0.05) is 6.08 Å². The van der Waals surface area contributed by atoms with Crippen molar-refractivity contribution in [3.8, 4) is 0 Å². The van der Waals surface area contributed by atoms with Crippen molar-refractivity contribution in [2.24, 2.45) is 5.92 Å². The van der Waals surface area contributed by atoms with Gasteiger partial charge in [0.25, 0.3) is 0 Å². The van der Waals surface area contributed by atoms with Gasteiger partial charge in [-0.05, 0) is 44.6 Å². The van der Waals surface area contributed by atoms with Crippen LogP contribution >= 0.6 is 0 Å². The van der Waals surface area contributed by atoms with Gasteiger partial charge < -0.3 is 4.74 Å². The van der Waals surface area contributed by atoms with E-state index in [0.717, 1.165) is 6.42 Å². The highest BCUT2D eigenvalue weighted by Gasteiger charge is 2.36. The van der Waals surface area contributed by atoms with E-state index in [1.54, 1.807) is 6.08 Å². The Morgan fingerprint density at radius 2 is 1.94 bits per heavy atom. The predicted molar refractivity (Wildman–Crippen MR) is 72.3 cm³/mol. The molecule has 1 saturated carbocycles. The van der Waals surface area contributed by atoms with Crippen molar-refractivity contribution in [2.75, 3.05) is 0 Å². The SMILES string of the molecule is CC(C)(C)OC(=O)/C=C\[C@H]1C[C@H]1c1ccccc1. The summed E-state index contributed by atoms with van der Waals surface area (Å²) in [5.74, 6) is 0.811. The minimum Gasteiger partial charge on any atom is -0.457 e. The van der Waals surface area contributed by atoms with Gasteiger partial charge in [-0.1, -0.05) is 36.4 Å². The fraction of sp³-hybridized carbons (Fsp3) is 0.438. The summed E-state index contributed by atoms with van der Waals surface area (Å²) in [6, 6.07) is 10.4. The summed E-state index contributed by atoms with van der Waals surface area (Å²) in [6.07, 6.45) is 4.67. The topological polar surface area (TPSA) is 26.3 Å². The fourth-order valence-corrected chi connectivity index (χ4v) is 2.05. The molecule has 2 atom stereocenters. The minimum absolute atomic E-state index is 0.249. The van der Waals surface area contributed by atoms with Crippen LogP contribution in [0.5, 0.6) is 0 Å². The highest BCUT2D eigenvalue weighted by Crippen LogP contribution is 2.48. The maximum Gasteiger partial charge on any atom is 0.330 e. The second-order valence-corrected chi connectivity index (χ2v) is 5.81. The van der Waals surface area contributed by atoms with Gasteiger partial charge in [0.1, 0.15) is 5.60 Å². The zero-order valence-electron chi connectivity index (χ0n) is 11.2. The lowest BCUT2D eigenvalue weighted by Gasteiger charge is -2.17. The molecule has 2 heteroatoms. The van der Waals surface area contributed by atoms with E-state index in [0.29, 0.717) is 11.8 Å². The number of hydrogen-bond donors (Lipinski definition) is 0. The lowest BCUT2D eigenvalue weighted by Crippen LogP contribution is -2.22. The van der Waals surface area contributed by atoms with E-state index in [2.05, 4.69) is 24.3 Å². The molecule has 0 radical (unpaired) electrons. The number of benzene rings is 1. The zero-order chi connectivity index (χ0) is 13.2. The van der Waals surface area contributed by atoms with Gasteiger partial charge in [-0.2, -0.15) is 0 Å². The van der Waals surface area contributed by atoms with Gasteiger partial charge >= 0.3 is 5.97 Å². The van der Waals surface area contributed by atoms with Crippen LogP contribution in [0, 0.1) is 5.92 Å². The van der Waals surface area contributed by atoms with Crippen molar-refractivity contribution >= 4 is 5.97 Å².